The van der Waals surface area contributed by atoms with Crippen LogP contribution < -0.4 is 10.6 Å². The standard InChI is InChI=1S/C17H22N2O5/c1-11(2)8-15(21)18-9-12-4-6-13(7-5-12)16(22)19-14(10-20)17(23)24-3/h4-8,14,20H,9-10H2,1-3H3,(H,18,21)(H,19,22)/t14-/m0/s1. The zero-order valence-corrected chi connectivity index (χ0v) is 14.0. The lowest BCUT2D eigenvalue weighted by molar-refractivity contribution is -0.143. The maximum Gasteiger partial charge on any atom is 0.330 e. The first-order chi connectivity index (χ1) is 11.4. The predicted octanol–water partition coefficient (Wildman–Crippen LogP) is 0.533. The number of methoxy groups -OCH3 is 1. The number of carbonyl (C=O) groups is 3. The van der Waals surface area contributed by atoms with Gasteiger partial charge in [-0.15, -0.1) is 0 Å². The van der Waals surface area contributed by atoms with Crippen LogP contribution in [0.4, 0.5) is 0 Å². The molecule has 1 aromatic rings. The predicted molar refractivity (Wildman–Crippen MR) is 88.1 cm³/mol. The Bertz CT molecular complexity index is 618. The van der Waals surface area contributed by atoms with Crippen molar-refractivity contribution >= 4 is 17.8 Å². The number of hydrogen-bond donors (Lipinski definition) is 3. The van der Waals surface area contributed by atoms with E-state index in [0.717, 1.165) is 11.1 Å². The van der Waals surface area contributed by atoms with Crippen LogP contribution in [0.3, 0.4) is 0 Å². The van der Waals surface area contributed by atoms with Crippen LogP contribution in [0.2, 0.25) is 0 Å². The van der Waals surface area contributed by atoms with Crippen molar-refractivity contribution in [1.29, 1.82) is 0 Å². The Morgan fingerprint density at radius 1 is 1.21 bits per heavy atom. The summed E-state index contributed by atoms with van der Waals surface area (Å²) in [6, 6.07) is 5.44. The molecule has 3 N–H and O–H groups in total. The summed E-state index contributed by atoms with van der Waals surface area (Å²) < 4.78 is 4.48. The third-order valence-corrected chi connectivity index (χ3v) is 3.08. The number of hydrogen-bond acceptors (Lipinski definition) is 5. The molecule has 0 aromatic heterocycles. The van der Waals surface area contributed by atoms with E-state index in [1.807, 2.05) is 13.8 Å². The van der Waals surface area contributed by atoms with Crippen molar-refractivity contribution in [3.05, 3.63) is 47.0 Å². The molecule has 0 saturated heterocycles. The summed E-state index contributed by atoms with van der Waals surface area (Å²) in [4.78, 5) is 34.9. The van der Waals surface area contributed by atoms with Crippen LogP contribution in [0, 0.1) is 0 Å². The van der Waals surface area contributed by atoms with E-state index in [2.05, 4.69) is 15.4 Å². The van der Waals surface area contributed by atoms with E-state index in [4.69, 9.17) is 5.11 Å². The van der Waals surface area contributed by atoms with Gasteiger partial charge in [0.05, 0.1) is 13.7 Å². The molecule has 2 amide bonds. The second-order valence-electron chi connectivity index (χ2n) is 5.37. The number of amides is 2. The maximum atomic E-state index is 12.0. The van der Waals surface area contributed by atoms with E-state index in [0.29, 0.717) is 12.1 Å². The van der Waals surface area contributed by atoms with Crippen molar-refractivity contribution in [3.63, 3.8) is 0 Å². The first kappa shape index (κ1) is 19.4. The molecule has 0 spiro atoms. The third-order valence-electron chi connectivity index (χ3n) is 3.08. The van der Waals surface area contributed by atoms with Crippen molar-refractivity contribution < 1.29 is 24.2 Å². The molecule has 0 aliphatic rings. The lowest BCUT2D eigenvalue weighted by atomic mass is 10.1. The normalized spacial score (nSPS) is 11.2. The Kier molecular flexibility index (Phi) is 7.64. The molecular weight excluding hydrogens is 312 g/mol. The fourth-order valence-corrected chi connectivity index (χ4v) is 1.84. The van der Waals surface area contributed by atoms with Crippen LogP contribution >= 0.6 is 0 Å². The minimum absolute atomic E-state index is 0.180. The number of allylic oxidation sites excluding steroid dienone is 1. The van der Waals surface area contributed by atoms with E-state index < -0.39 is 24.5 Å². The Morgan fingerprint density at radius 3 is 2.33 bits per heavy atom. The smallest absolute Gasteiger partial charge is 0.330 e. The highest BCUT2D eigenvalue weighted by molar-refractivity contribution is 5.96. The second kappa shape index (κ2) is 9.46. The van der Waals surface area contributed by atoms with Crippen LogP contribution in [0.1, 0.15) is 29.8 Å². The van der Waals surface area contributed by atoms with E-state index in [1.165, 1.54) is 13.2 Å². The molecule has 0 unspecified atom stereocenters. The molecule has 24 heavy (non-hydrogen) atoms. The van der Waals surface area contributed by atoms with Crippen molar-refractivity contribution in [3.8, 4) is 0 Å². The monoisotopic (exact) mass is 334 g/mol. The number of aliphatic hydroxyl groups is 1. The number of benzene rings is 1. The minimum atomic E-state index is -1.11. The highest BCUT2D eigenvalue weighted by Crippen LogP contribution is 2.05. The van der Waals surface area contributed by atoms with Crippen LogP contribution in [0.5, 0.6) is 0 Å². The Hall–Kier alpha value is -2.67. The Labute approximate surface area is 140 Å². The molecule has 1 rings (SSSR count). The molecule has 0 fully saturated rings. The molecule has 0 radical (unpaired) electrons. The molecule has 0 saturated carbocycles. The number of ether oxygens (including phenoxy) is 1. The van der Waals surface area contributed by atoms with Gasteiger partial charge < -0.3 is 20.5 Å². The summed E-state index contributed by atoms with van der Waals surface area (Å²) in [7, 11) is 1.18. The van der Waals surface area contributed by atoms with Gasteiger partial charge >= 0.3 is 5.97 Å². The SMILES string of the molecule is COC(=O)[C@H](CO)NC(=O)c1ccc(CNC(=O)C=C(C)C)cc1. The third kappa shape index (κ3) is 6.21. The number of rotatable bonds is 7. The molecule has 130 valence electrons. The summed E-state index contributed by atoms with van der Waals surface area (Å²) in [5.41, 5.74) is 2.06. The number of nitrogens with one attached hydrogen (secondary N) is 2. The fourth-order valence-electron chi connectivity index (χ4n) is 1.84. The van der Waals surface area contributed by atoms with E-state index >= 15 is 0 Å². The Balaban J connectivity index is 2.63. The van der Waals surface area contributed by atoms with Gasteiger partial charge in [0.25, 0.3) is 5.91 Å². The van der Waals surface area contributed by atoms with E-state index in [9.17, 15) is 14.4 Å². The van der Waals surface area contributed by atoms with Crippen LogP contribution in [-0.4, -0.2) is 42.6 Å². The quantitative estimate of drug-likeness (QED) is 0.498. The van der Waals surface area contributed by atoms with Gasteiger partial charge in [-0.05, 0) is 31.5 Å². The zero-order chi connectivity index (χ0) is 18.1. The number of aliphatic hydroxyl groups excluding tert-OH is 1. The molecule has 7 heteroatoms. The van der Waals surface area contributed by atoms with Crippen molar-refractivity contribution in [2.24, 2.45) is 0 Å². The van der Waals surface area contributed by atoms with Crippen LogP contribution in [0.15, 0.2) is 35.9 Å². The van der Waals surface area contributed by atoms with Gasteiger partial charge in [0.1, 0.15) is 0 Å². The van der Waals surface area contributed by atoms with Crippen molar-refractivity contribution in [1.82, 2.24) is 10.6 Å². The van der Waals surface area contributed by atoms with Gasteiger partial charge in [0, 0.05) is 18.2 Å². The van der Waals surface area contributed by atoms with Crippen LogP contribution in [0.25, 0.3) is 0 Å². The topological polar surface area (TPSA) is 105 Å². The second-order valence-corrected chi connectivity index (χ2v) is 5.37. The highest BCUT2D eigenvalue weighted by atomic mass is 16.5. The minimum Gasteiger partial charge on any atom is -0.467 e. The Morgan fingerprint density at radius 2 is 1.83 bits per heavy atom. The van der Waals surface area contributed by atoms with Gasteiger partial charge in [-0.2, -0.15) is 0 Å². The van der Waals surface area contributed by atoms with Crippen molar-refractivity contribution in [2.45, 2.75) is 26.4 Å². The fraction of sp³-hybridized carbons (Fsp3) is 0.353. The van der Waals surface area contributed by atoms with E-state index in [-0.39, 0.29) is 5.91 Å². The first-order valence-electron chi connectivity index (χ1n) is 7.38. The number of esters is 1. The molecule has 0 aliphatic heterocycles. The first-order valence-corrected chi connectivity index (χ1v) is 7.38. The lowest BCUT2D eigenvalue weighted by Gasteiger charge is -2.14. The van der Waals surface area contributed by atoms with Gasteiger partial charge in [-0.3, -0.25) is 9.59 Å². The average molecular weight is 334 g/mol. The molecular formula is C17H22N2O5. The molecule has 0 bridgehead atoms. The zero-order valence-electron chi connectivity index (χ0n) is 14.0. The van der Waals surface area contributed by atoms with Gasteiger partial charge in [0.2, 0.25) is 5.91 Å². The van der Waals surface area contributed by atoms with Crippen molar-refractivity contribution in [2.75, 3.05) is 13.7 Å². The molecule has 1 atom stereocenters. The summed E-state index contributed by atoms with van der Waals surface area (Å²) in [6.07, 6.45) is 1.50. The molecule has 0 aliphatic carbocycles. The molecule has 1 aromatic carbocycles. The van der Waals surface area contributed by atoms with Gasteiger partial charge in [-0.25, -0.2) is 4.79 Å². The molecule has 7 nitrogen and oxygen atoms in total. The summed E-state index contributed by atoms with van der Waals surface area (Å²) in [6.45, 7) is 3.46. The largest absolute Gasteiger partial charge is 0.467 e. The van der Waals surface area contributed by atoms with Gasteiger partial charge in [0.15, 0.2) is 6.04 Å². The number of carbonyl (C=O) groups excluding carboxylic acids is 3. The summed E-state index contributed by atoms with van der Waals surface area (Å²) in [5, 5.41) is 14.2. The van der Waals surface area contributed by atoms with Gasteiger partial charge in [-0.1, -0.05) is 17.7 Å². The summed E-state index contributed by atoms with van der Waals surface area (Å²) in [5.74, 6) is -1.40. The van der Waals surface area contributed by atoms with Crippen LogP contribution in [-0.2, 0) is 20.9 Å². The maximum absolute atomic E-state index is 12.0. The lowest BCUT2D eigenvalue weighted by Crippen LogP contribution is -2.44. The average Bonchev–Trinajstić information content (AvgIpc) is 2.56. The highest BCUT2D eigenvalue weighted by Gasteiger charge is 2.20. The van der Waals surface area contributed by atoms with E-state index in [1.54, 1.807) is 24.3 Å². The molecule has 0 heterocycles. The summed E-state index contributed by atoms with van der Waals surface area (Å²) >= 11 is 0.